The number of ether oxygens (including phenoxy) is 1. The van der Waals surface area contributed by atoms with Gasteiger partial charge in [-0.05, 0) is 35.0 Å². The number of nitriles is 1. The number of esters is 1. The van der Waals surface area contributed by atoms with Crippen LogP contribution in [0.2, 0.25) is 0 Å². The lowest BCUT2D eigenvalue weighted by atomic mass is 10.0. The van der Waals surface area contributed by atoms with Gasteiger partial charge in [-0.25, -0.2) is 0 Å². The highest BCUT2D eigenvalue weighted by molar-refractivity contribution is 8.00. The third-order valence-electron chi connectivity index (χ3n) is 2.42. The van der Waals surface area contributed by atoms with Crippen LogP contribution in [0, 0.1) is 11.3 Å². The molecule has 1 aromatic rings. The molecule has 20 heavy (non-hydrogen) atoms. The van der Waals surface area contributed by atoms with Gasteiger partial charge in [-0.1, -0.05) is 0 Å². The van der Waals surface area contributed by atoms with E-state index >= 15 is 0 Å². The van der Waals surface area contributed by atoms with Gasteiger partial charge in [0.05, 0.1) is 25.2 Å². The Hall–Kier alpha value is -1.39. The summed E-state index contributed by atoms with van der Waals surface area (Å²) in [7, 11) is 1.13. The van der Waals surface area contributed by atoms with Crippen molar-refractivity contribution in [3.05, 3.63) is 28.8 Å². The highest BCUT2D eigenvalue weighted by atomic mass is 35.5. The number of carbonyl (C=O) groups excluding carboxylic acids is 1. The van der Waals surface area contributed by atoms with Crippen LogP contribution in [-0.4, -0.2) is 18.6 Å². The minimum atomic E-state index is -4.50. The van der Waals surface area contributed by atoms with Crippen molar-refractivity contribution in [2.24, 2.45) is 0 Å². The number of thioether (sulfide) groups is 1. The van der Waals surface area contributed by atoms with E-state index in [-0.39, 0.29) is 45.6 Å². The number of nitrogens with zero attached hydrogens (tertiary/aromatic N) is 1. The van der Waals surface area contributed by atoms with E-state index in [4.69, 9.17) is 16.9 Å². The van der Waals surface area contributed by atoms with E-state index in [1.807, 2.05) is 6.07 Å². The first-order chi connectivity index (χ1) is 9.32. The summed E-state index contributed by atoms with van der Waals surface area (Å²) in [4.78, 5) is 11.2. The van der Waals surface area contributed by atoms with Crippen molar-refractivity contribution < 1.29 is 22.7 Å². The van der Waals surface area contributed by atoms with Crippen LogP contribution in [0.3, 0.4) is 0 Å². The number of rotatable bonds is 4. The summed E-state index contributed by atoms with van der Waals surface area (Å²) in [5.74, 6) is -0.864. The monoisotopic (exact) mass is 323 g/mol. The molecule has 0 saturated carbocycles. The average Bonchev–Trinajstić information content (AvgIpc) is 2.38. The first-order valence-electron chi connectivity index (χ1n) is 5.25. The van der Waals surface area contributed by atoms with E-state index in [1.165, 1.54) is 6.07 Å². The predicted octanol–water partition coefficient (Wildman–Crippen LogP) is 3.62. The Kier molecular flexibility index (Phi) is 5.72. The third kappa shape index (κ3) is 4.32. The van der Waals surface area contributed by atoms with Crippen molar-refractivity contribution in [3.63, 3.8) is 0 Å². The lowest BCUT2D eigenvalue weighted by Crippen LogP contribution is -2.10. The van der Waals surface area contributed by atoms with Crippen LogP contribution in [-0.2, 0) is 21.8 Å². The molecule has 0 bridgehead atoms. The molecule has 0 amide bonds. The molecule has 0 N–H and O–H groups in total. The van der Waals surface area contributed by atoms with Crippen LogP contribution >= 0.6 is 23.4 Å². The first kappa shape index (κ1) is 16.7. The van der Waals surface area contributed by atoms with Crippen molar-refractivity contribution in [3.8, 4) is 6.07 Å². The van der Waals surface area contributed by atoms with Gasteiger partial charge in [0.25, 0.3) is 0 Å². The quantitative estimate of drug-likeness (QED) is 0.482. The van der Waals surface area contributed by atoms with E-state index in [0.29, 0.717) is 0 Å². The molecule has 0 heterocycles. The van der Waals surface area contributed by atoms with Crippen LogP contribution in [0.15, 0.2) is 17.0 Å². The lowest BCUT2D eigenvalue weighted by molar-refractivity contribution is -0.139. The topological polar surface area (TPSA) is 50.1 Å². The van der Waals surface area contributed by atoms with Gasteiger partial charge in [-0.2, -0.15) is 18.4 Å². The Morgan fingerprint density at radius 2 is 2.10 bits per heavy atom. The summed E-state index contributed by atoms with van der Waals surface area (Å²) in [5.41, 5.74) is -4.06. The van der Waals surface area contributed by atoms with Crippen LogP contribution < -0.4 is 0 Å². The zero-order chi connectivity index (χ0) is 15.3. The second kappa shape index (κ2) is 6.86. The number of methoxy groups -OCH3 is 1. The molecular weight excluding hydrogens is 315 g/mol. The highest BCUT2D eigenvalue weighted by Crippen LogP contribution is 2.40. The molecular formula is C12H9ClF3NO2S. The van der Waals surface area contributed by atoms with Gasteiger partial charge in [0, 0.05) is 10.8 Å². The Morgan fingerprint density at radius 3 is 2.55 bits per heavy atom. The first-order valence-corrected chi connectivity index (χ1v) is 6.60. The molecule has 108 valence electrons. The number of hydrogen-bond acceptors (Lipinski definition) is 4. The summed E-state index contributed by atoms with van der Waals surface area (Å²) in [5, 5.41) is 8.93. The van der Waals surface area contributed by atoms with Crippen molar-refractivity contribution in [2.75, 3.05) is 7.11 Å². The second-order valence-corrected chi connectivity index (χ2v) is 4.99. The van der Waals surface area contributed by atoms with E-state index in [2.05, 4.69) is 4.74 Å². The van der Waals surface area contributed by atoms with E-state index in [1.54, 1.807) is 0 Å². The molecule has 0 spiro atoms. The van der Waals surface area contributed by atoms with Gasteiger partial charge in [-0.15, -0.1) is 11.6 Å². The fourth-order valence-corrected chi connectivity index (χ4v) is 2.57. The molecule has 0 fully saturated rings. The SMILES string of the molecule is COC(=O)Cc1c(SC(F)(F)F)ccc(C#N)c1CCl. The van der Waals surface area contributed by atoms with Crippen molar-refractivity contribution in [1.29, 1.82) is 5.26 Å². The third-order valence-corrected chi connectivity index (χ3v) is 3.52. The number of benzene rings is 1. The maximum absolute atomic E-state index is 12.5. The average molecular weight is 324 g/mol. The van der Waals surface area contributed by atoms with Gasteiger partial charge in [0.1, 0.15) is 0 Å². The number of carbonyl (C=O) groups is 1. The molecule has 0 aliphatic heterocycles. The maximum Gasteiger partial charge on any atom is 0.446 e. The second-order valence-electron chi connectivity index (χ2n) is 3.61. The number of alkyl halides is 4. The van der Waals surface area contributed by atoms with E-state index in [0.717, 1.165) is 13.2 Å². The van der Waals surface area contributed by atoms with Crippen molar-refractivity contribution in [1.82, 2.24) is 0 Å². The van der Waals surface area contributed by atoms with Gasteiger partial charge >= 0.3 is 11.5 Å². The molecule has 0 unspecified atom stereocenters. The predicted molar refractivity (Wildman–Crippen MR) is 68.3 cm³/mol. The molecule has 0 radical (unpaired) electrons. The van der Waals surface area contributed by atoms with E-state index < -0.39 is 11.5 Å². The molecule has 3 nitrogen and oxygen atoms in total. The zero-order valence-corrected chi connectivity index (χ0v) is 11.8. The summed E-state index contributed by atoms with van der Waals surface area (Å²) >= 11 is 5.34. The van der Waals surface area contributed by atoms with E-state index in [9.17, 15) is 18.0 Å². The Bertz CT molecular complexity index is 555. The number of halogens is 4. The molecule has 0 aliphatic rings. The molecule has 1 rings (SSSR count). The Balaban J connectivity index is 3.36. The minimum absolute atomic E-state index is 0.0771. The normalized spacial score (nSPS) is 11.0. The smallest absolute Gasteiger partial charge is 0.446 e. The number of hydrogen-bond donors (Lipinski definition) is 0. The standard InChI is InChI=1S/C12H9ClF3NO2S/c1-19-11(18)4-8-9(5-13)7(6-17)2-3-10(8)20-12(14,15)16/h2-3H,4-5H2,1H3. The Labute approximate surface area is 122 Å². The van der Waals surface area contributed by atoms with Crippen molar-refractivity contribution >= 4 is 29.3 Å². The molecule has 0 aliphatic carbocycles. The van der Waals surface area contributed by atoms with Gasteiger partial charge in [0.15, 0.2) is 0 Å². The molecule has 1 aromatic carbocycles. The van der Waals surface area contributed by atoms with Gasteiger partial charge in [0.2, 0.25) is 0 Å². The Morgan fingerprint density at radius 1 is 1.45 bits per heavy atom. The molecule has 0 aromatic heterocycles. The van der Waals surface area contributed by atoms with Crippen LogP contribution in [0.4, 0.5) is 13.2 Å². The molecule has 8 heteroatoms. The molecule has 0 atom stereocenters. The highest BCUT2D eigenvalue weighted by Gasteiger charge is 2.31. The lowest BCUT2D eigenvalue weighted by Gasteiger charge is -2.15. The summed E-state index contributed by atoms with van der Waals surface area (Å²) in [6, 6.07) is 4.26. The maximum atomic E-state index is 12.5. The summed E-state index contributed by atoms with van der Waals surface area (Å²) < 4.78 is 42.0. The van der Waals surface area contributed by atoms with Crippen molar-refractivity contribution in [2.45, 2.75) is 22.7 Å². The van der Waals surface area contributed by atoms with Gasteiger partial charge < -0.3 is 4.74 Å². The minimum Gasteiger partial charge on any atom is -0.469 e. The van der Waals surface area contributed by atoms with Crippen LogP contribution in [0.1, 0.15) is 16.7 Å². The van der Waals surface area contributed by atoms with Crippen LogP contribution in [0.25, 0.3) is 0 Å². The van der Waals surface area contributed by atoms with Crippen LogP contribution in [0.5, 0.6) is 0 Å². The summed E-state index contributed by atoms with van der Waals surface area (Å²) in [6.07, 6.45) is -0.369. The van der Waals surface area contributed by atoms with Gasteiger partial charge in [-0.3, -0.25) is 4.79 Å². The summed E-state index contributed by atoms with van der Waals surface area (Å²) in [6.45, 7) is 0. The fraction of sp³-hybridized carbons (Fsp3) is 0.333. The molecule has 0 saturated heterocycles. The largest absolute Gasteiger partial charge is 0.469 e. The zero-order valence-electron chi connectivity index (χ0n) is 10.3. The fourth-order valence-electron chi connectivity index (χ4n) is 1.56.